The van der Waals surface area contributed by atoms with Crippen LogP contribution in [0, 0.1) is 0 Å². The van der Waals surface area contributed by atoms with Crippen molar-refractivity contribution in [2.24, 2.45) is 0 Å². The van der Waals surface area contributed by atoms with Crippen LogP contribution in [0.3, 0.4) is 0 Å². The number of rotatable bonds is 9. The molecule has 0 radical (unpaired) electrons. The molecular formula is C24H22BrClN2O5S. The number of amides is 3. The molecule has 1 N–H and O–H groups in total. The van der Waals surface area contributed by atoms with Gasteiger partial charge in [0.25, 0.3) is 11.1 Å². The Kier molecular flexibility index (Phi) is 8.82. The van der Waals surface area contributed by atoms with E-state index in [1.54, 1.807) is 43.5 Å². The lowest BCUT2D eigenvalue weighted by Crippen LogP contribution is -2.36. The van der Waals surface area contributed by atoms with Crippen molar-refractivity contribution in [2.45, 2.75) is 13.3 Å². The van der Waals surface area contributed by atoms with Crippen molar-refractivity contribution in [3.05, 3.63) is 68.5 Å². The van der Waals surface area contributed by atoms with E-state index in [4.69, 9.17) is 21.1 Å². The number of thioether (sulfide) groups is 1. The molecule has 10 heteroatoms. The first-order valence-electron chi connectivity index (χ1n) is 10.2. The number of hydrogen-bond acceptors (Lipinski definition) is 6. The maximum absolute atomic E-state index is 12.9. The van der Waals surface area contributed by atoms with Crippen molar-refractivity contribution in [1.82, 2.24) is 4.90 Å². The Hall–Kier alpha value is -2.75. The summed E-state index contributed by atoms with van der Waals surface area (Å²) in [6, 6.07) is 8.50. The maximum Gasteiger partial charge on any atom is 0.294 e. The van der Waals surface area contributed by atoms with Gasteiger partial charge in [0.2, 0.25) is 5.91 Å². The monoisotopic (exact) mass is 564 g/mol. The van der Waals surface area contributed by atoms with Crippen LogP contribution in [0.1, 0.15) is 18.1 Å². The molecule has 2 aromatic rings. The molecule has 1 aliphatic heterocycles. The average Bonchev–Trinajstić information content (AvgIpc) is 3.04. The molecular weight excluding hydrogens is 544 g/mol. The van der Waals surface area contributed by atoms with E-state index in [9.17, 15) is 14.4 Å². The molecule has 1 aliphatic rings. The second-order valence-corrected chi connectivity index (χ2v) is 9.34. The summed E-state index contributed by atoms with van der Waals surface area (Å²) in [4.78, 5) is 38.9. The Morgan fingerprint density at radius 1 is 1.29 bits per heavy atom. The van der Waals surface area contributed by atoms with Crippen LogP contribution in [0.25, 0.3) is 6.08 Å². The van der Waals surface area contributed by atoms with Gasteiger partial charge >= 0.3 is 0 Å². The lowest BCUT2D eigenvalue weighted by molar-refractivity contribution is -0.127. The molecule has 0 aromatic heterocycles. The SMILES string of the molecule is C=CCc1cc(/C=C2/SC(=O)N(CC(=O)Nc3ccc(Br)c(Cl)c3)C2=O)cc(OCC)c1OC. The van der Waals surface area contributed by atoms with Gasteiger partial charge in [-0.2, -0.15) is 0 Å². The fraction of sp³-hybridized carbons (Fsp3) is 0.208. The molecule has 1 heterocycles. The van der Waals surface area contributed by atoms with Crippen LogP contribution < -0.4 is 14.8 Å². The van der Waals surface area contributed by atoms with Gasteiger partial charge in [0.1, 0.15) is 6.54 Å². The quantitative estimate of drug-likeness (QED) is 0.300. The van der Waals surface area contributed by atoms with Gasteiger partial charge in [-0.15, -0.1) is 6.58 Å². The van der Waals surface area contributed by atoms with Crippen LogP contribution in [0.4, 0.5) is 10.5 Å². The Labute approximate surface area is 215 Å². The lowest BCUT2D eigenvalue weighted by Gasteiger charge is -2.14. The van der Waals surface area contributed by atoms with Gasteiger partial charge in [0, 0.05) is 15.7 Å². The molecule has 1 saturated heterocycles. The van der Waals surface area contributed by atoms with E-state index in [0.29, 0.717) is 45.3 Å². The highest BCUT2D eigenvalue weighted by Gasteiger charge is 2.36. The van der Waals surface area contributed by atoms with E-state index in [1.807, 2.05) is 13.0 Å². The molecule has 0 bridgehead atoms. The summed E-state index contributed by atoms with van der Waals surface area (Å²) in [5, 5.41) is 2.54. The van der Waals surface area contributed by atoms with Crippen molar-refractivity contribution in [3.8, 4) is 11.5 Å². The largest absolute Gasteiger partial charge is 0.493 e. The molecule has 7 nitrogen and oxygen atoms in total. The molecule has 34 heavy (non-hydrogen) atoms. The summed E-state index contributed by atoms with van der Waals surface area (Å²) in [6.45, 7) is 5.65. The standard InChI is InChI=1S/C24H22BrClN2O5S/c1-4-6-15-9-14(10-19(33-5-2)22(15)32-3)11-20-23(30)28(24(31)34-20)13-21(29)27-16-7-8-17(25)18(26)12-16/h4,7-12H,1,5-6,13H2,2-3H3,(H,27,29)/b20-11+. The average molecular weight is 566 g/mol. The van der Waals surface area contributed by atoms with Crippen LogP contribution in [0.5, 0.6) is 11.5 Å². The topological polar surface area (TPSA) is 84.9 Å². The third kappa shape index (κ3) is 6.02. The van der Waals surface area contributed by atoms with E-state index >= 15 is 0 Å². The number of hydrogen-bond donors (Lipinski definition) is 1. The van der Waals surface area contributed by atoms with Crippen LogP contribution in [0.2, 0.25) is 5.02 Å². The highest BCUT2D eigenvalue weighted by molar-refractivity contribution is 9.10. The van der Waals surface area contributed by atoms with Crippen LogP contribution in [-0.2, 0) is 16.0 Å². The summed E-state index contributed by atoms with van der Waals surface area (Å²) in [5.74, 6) is 0.0652. The summed E-state index contributed by atoms with van der Waals surface area (Å²) in [5.41, 5.74) is 1.96. The number of carbonyl (C=O) groups is 3. The second kappa shape index (κ2) is 11.6. The number of nitrogens with one attached hydrogen (secondary N) is 1. The van der Waals surface area contributed by atoms with Gasteiger partial charge in [-0.25, -0.2) is 0 Å². The Morgan fingerprint density at radius 3 is 2.71 bits per heavy atom. The number of methoxy groups -OCH3 is 1. The van der Waals surface area contributed by atoms with E-state index in [1.165, 1.54) is 0 Å². The summed E-state index contributed by atoms with van der Waals surface area (Å²) in [6.07, 6.45) is 3.88. The van der Waals surface area contributed by atoms with E-state index in [2.05, 4.69) is 27.8 Å². The van der Waals surface area contributed by atoms with Gasteiger partial charge in [-0.05, 0) is 83.0 Å². The molecule has 0 unspecified atom stereocenters. The third-order valence-corrected chi connectivity index (χ3v) is 6.84. The molecule has 0 aliphatic carbocycles. The Morgan fingerprint density at radius 2 is 2.06 bits per heavy atom. The van der Waals surface area contributed by atoms with Crippen molar-refractivity contribution in [2.75, 3.05) is 25.6 Å². The number of benzene rings is 2. The number of imide groups is 1. The predicted molar refractivity (Wildman–Crippen MR) is 139 cm³/mol. The predicted octanol–water partition coefficient (Wildman–Crippen LogP) is 5.91. The zero-order valence-electron chi connectivity index (χ0n) is 18.5. The first kappa shape index (κ1) is 25.9. The van der Waals surface area contributed by atoms with Crippen molar-refractivity contribution in [3.63, 3.8) is 0 Å². The summed E-state index contributed by atoms with van der Waals surface area (Å²) >= 11 is 10.1. The molecule has 3 amide bonds. The van der Waals surface area contributed by atoms with Gasteiger partial charge in [-0.3, -0.25) is 19.3 Å². The van der Waals surface area contributed by atoms with Crippen molar-refractivity contribution < 1.29 is 23.9 Å². The molecule has 0 saturated carbocycles. The molecule has 3 rings (SSSR count). The third-order valence-electron chi connectivity index (χ3n) is 4.70. The number of nitrogens with zero attached hydrogens (tertiary/aromatic N) is 1. The van der Waals surface area contributed by atoms with E-state index < -0.39 is 23.6 Å². The number of halogens is 2. The highest BCUT2D eigenvalue weighted by atomic mass is 79.9. The normalized spacial score (nSPS) is 14.5. The number of anilines is 1. The fourth-order valence-electron chi connectivity index (χ4n) is 3.27. The molecule has 2 aromatic carbocycles. The maximum atomic E-state index is 12.9. The summed E-state index contributed by atoms with van der Waals surface area (Å²) in [7, 11) is 1.56. The lowest BCUT2D eigenvalue weighted by atomic mass is 10.0. The molecule has 178 valence electrons. The number of ether oxygens (including phenoxy) is 2. The van der Waals surface area contributed by atoms with E-state index in [-0.39, 0.29) is 4.91 Å². The van der Waals surface area contributed by atoms with Crippen molar-refractivity contribution in [1.29, 1.82) is 0 Å². The van der Waals surface area contributed by atoms with Crippen LogP contribution >= 0.6 is 39.3 Å². The zero-order chi connectivity index (χ0) is 24.8. The number of allylic oxidation sites excluding steroid dienone is 1. The Bertz CT molecular complexity index is 1180. The van der Waals surface area contributed by atoms with Crippen LogP contribution in [0.15, 0.2) is 52.4 Å². The Balaban J connectivity index is 1.80. The summed E-state index contributed by atoms with van der Waals surface area (Å²) < 4.78 is 11.9. The van der Waals surface area contributed by atoms with Crippen LogP contribution in [-0.4, -0.2) is 42.2 Å². The first-order valence-corrected chi connectivity index (χ1v) is 12.2. The zero-order valence-corrected chi connectivity index (χ0v) is 21.7. The minimum atomic E-state index is -0.543. The molecule has 1 fully saturated rings. The van der Waals surface area contributed by atoms with Gasteiger partial charge in [0.15, 0.2) is 11.5 Å². The highest BCUT2D eigenvalue weighted by Crippen LogP contribution is 2.37. The van der Waals surface area contributed by atoms with Gasteiger partial charge in [-0.1, -0.05) is 17.7 Å². The molecule has 0 atom stereocenters. The number of carbonyl (C=O) groups excluding carboxylic acids is 3. The van der Waals surface area contributed by atoms with Gasteiger partial charge < -0.3 is 14.8 Å². The van der Waals surface area contributed by atoms with Gasteiger partial charge in [0.05, 0.1) is 23.6 Å². The fourth-order valence-corrected chi connectivity index (χ4v) is 4.54. The minimum Gasteiger partial charge on any atom is -0.493 e. The first-order chi connectivity index (χ1) is 16.3. The smallest absolute Gasteiger partial charge is 0.294 e. The molecule has 0 spiro atoms. The van der Waals surface area contributed by atoms with Crippen molar-refractivity contribution >= 4 is 68.1 Å². The minimum absolute atomic E-state index is 0.210. The van der Waals surface area contributed by atoms with E-state index in [0.717, 1.165) is 22.2 Å². The second-order valence-electron chi connectivity index (χ2n) is 7.08.